The summed E-state index contributed by atoms with van der Waals surface area (Å²) in [6.45, 7) is 2.08. The summed E-state index contributed by atoms with van der Waals surface area (Å²) in [5.74, 6) is 1.72. The molecule has 0 N–H and O–H groups in total. The molecular weight excluding hydrogens is 149 g/mol. The number of benzene rings is 1. The topological polar surface area (TPSA) is 26.0 Å². The molecule has 0 bridgehead atoms. The Hall–Kier alpha value is -1.38. The van der Waals surface area contributed by atoms with Gasteiger partial charge in [-0.25, -0.2) is 0 Å². The Morgan fingerprint density at radius 3 is 2.25 bits per heavy atom. The van der Waals surface area contributed by atoms with Crippen LogP contribution in [0.15, 0.2) is 47.1 Å². The molecule has 2 rings (SSSR count). The third-order valence-corrected chi connectivity index (χ3v) is 1.29. The van der Waals surface area contributed by atoms with Crippen molar-refractivity contribution >= 4 is 7.05 Å². The average molecular weight is 159 g/mol. The predicted molar refractivity (Wildman–Crippen MR) is 49.0 cm³/mol. The summed E-state index contributed by atoms with van der Waals surface area (Å²) < 4.78 is 4.33. The van der Waals surface area contributed by atoms with Gasteiger partial charge in [-0.1, -0.05) is 35.9 Å². The summed E-state index contributed by atoms with van der Waals surface area (Å²) in [6.07, 6.45) is 1.51. The van der Waals surface area contributed by atoms with Crippen LogP contribution in [0.2, 0.25) is 0 Å². The molecule has 60 valence electrons. The van der Waals surface area contributed by atoms with Gasteiger partial charge in [0.15, 0.2) is 0 Å². The van der Waals surface area contributed by atoms with E-state index in [0.717, 1.165) is 0 Å². The molecule has 0 aliphatic carbocycles. The van der Waals surface area contributed by atoms with E-state index in [2.05, 4.69) is 28.6 Å². The van der Waals surface area contributed by atoms with Crippen molar-refractivity contribution < 1.29 is 4.52 Å². The van der Waals surface area contributed by atoms with Crippen molar-refractivity contribution in [1.29, 1.82) is 0 Å². The van der Waals surface area contributed by atoms with Gasteiger partial charge in [0.05, 0.1) is 0 Å². The maximum absolute atomic E-state index is 4.33. The number of aryl methyl sites for hydroxylation is 1. The van der Waals surface area contributed by atoms with Crippen LogP contribution in [0.5, 0.6) is 0 Å². The minimum absolute atomic E-state index is 1.32. The van der Waals surface area contributed by atoms with Gasteiger partial charge in [-0.05, 0) is 6.92 Å². The molecule has 0 aliphatic heterocycles. The van der Waals surface area contributed by atoms with E-state index in [1.165, 1.54) is 11.8 Å². The van der Waals surface area contributed by atoms with E-state index in [9.17, 15) is 0 Å². The van der Waals surface area contributed by atoms with Crippen molar-refractivity contribution in [2.45, 2.75) is 6.92 Å². The van der Waals surface area contributed by atoms with Crippen molar-refractivity contribution in [3.05, 3.63) is 48.1 Å². The number of rotatable bonds is 0. The van der Waals surface area contributed by atoms with E-state index in [1.54, 1.807) is 13.0 Å². The zero-order valence-electron chi connectivity index (χ0n) is 6.97. The van der Waals surface area contributed by atoms with Crippen LogP contribution >= 0.6 is 0 Å². The molecular formula is C9H10BNO. The van der Waals surface area contributed by atoms with Gasteiger partial charge in [-0.3, -0.25) is 0 Å². The van der Waals surface area contributed by atoms with Gasteiger partial charge >= 0.3 is 28.9 Å². The second kappa shape index (κ2) is 5.30. The molecule has 1 aromatic carbocycles. The molecule has 2 aromatic rings. The second-order valence-corrected chi connectivity index (χ2v) is 2.34. The maximum atomic E-state index is 4.33. The molecule has 1 aromatic heterocycles. The molecule has 0 saturated heterocycles. The van der Waals surface area contributed by atoms with Gasteiger partial charge in [0.1, 0.15) is 0 Å². The first kappa shape index (κ1) is 8.72. The molecule has 0 fully saturated rings. The van der Waals surface area contributed by atoms with Crippen LogP contribution in [0.4, 0.5) is 0 Å². The first-order chi connectivity index (χ1) is 5.89. The summed E-state index contributed by atoms with van der Waals surface area (Å²) in [5, 5.41) is 3.35. The van der Waals surface area contributed by atoms with Gasteiger partial charge in [0.25, 0.3) is 0 Å². The fourth-order valence-corrected chi connectivity index (χ4v) is 0.710. The molecule has 0 atom stereocenters. The molecule has 0 unspecified atom stereocenters. The minimum atomic E-state index is 1.32. The Morgan fingerprint density at radius 2 is 2.00 bits per heavy atom. The standard InChI is InChI=1S/C7H8.C2H2BNO/c1-7-5-3-2-4-6-7;1-2-5-4-3-1/h2-6H,1H3;1-2H. The van der Waals surface area contributed by atoms with E-state index in [4.69, 9.17) is 0 Å². The molecule has 0 aliphatic rings. The van der Waals surface area contributed by atoms with Gasteiger partial charge in [-0.15, -0.1) is 0 Å². The summed E-state index contributed by atoms with van der Waals surface area (Å²) in [5.41, 5.74) is 1.32. The molecule has 12 heavy (non-hydrogen) atoms. The van der Waals surface area contributed by atoms with E-state index < -0.39 is 0 Å². The summed E-state index contributed by atoms with van der Waals surface area (Å²) in [7, 11) is 1.58. The van der Waals surface area contributed by atoms with Crippen LogP contribution in [0.1, 0.15) is 5.56 Å². The zero-order chi connectivity index (χ0) is 8.65. The normalized spacial score (nSPS) is 8.08. The Kier molecular flexibility index (Phi) is 3.85. The van der Waals surface area contributed by atoms with E-state index in [-0.39, 0.29) is 0 Å². The van der Waals surface area contributed by atoms with Gasteiger partial charge in [-0.2, -0.15) is 0 Å². The van der Waals surface area contributed by atoms with Gasteiger partial charge in [0.2, 0.25) is 0 Å². The predicted octanol–water partition coefficient (Wildman–Crippen LogP) is 2.01. The van der Waals surface area contributed by atoms with E-state index in [0.29, 0.717) is 0 Å². The number of aromatic nitrogens is 1. The van der Waals surface area contributed by atoms with Crippen LogP contribution < -0.4 is 0 Å². The van der Waals surface area contributed by atoms with Crippen molar-refractivity contribution in [1.82, 2.24) is 5.06 Å². The quantitative estimate of drug-likeness (QED) is 0.587. The van der Waals surface area contributed by atoms with Crippen LogP contribution in [0, 0.1) is 6.92 Å². The van der Waals surface area contributed by atoms with Crippen molar-refractivity contribution in [3.8, 4) is 0 Å². The van der Waals surface area contributed by atoms with Crippen LogP contribution in [0.25, 0.3) is 0 Å². The Bertz CT molecular complexity index is 263. The Morgan fingerprint density at radius 1 is 1.25 bits per heavy atom. The molecule has 0 amide bonds. The molecule has 2 nitrogen and oxygen atoms in total. The average Bonchev–Trinajstić information content (AvgIpc) is 2.62. The second-order valence-electron chi connectivity index (χ2n) is 2.34. The first-order valence-electron chi connectivity index (χ1n) is 3.75. The monoisotopic (exact) mass is 159 g/mol. The van der Waals surface area contributed by atoms with Crippen LogP contribution in [-0.2, 0) is 0 Å². The van der Waals surface area contributed by atoms with Gasteiger partial charge in [0, 0.05) is 0 Å². The molecule has 3 heteroatoms. The van der Waals surface area contributed by atoms with Crippen LogP contribution in [0.3, 0.4) is 0 Å². The molecule has 1 heterocycles. The number of hydrogen-bond donors (Lipinski definition) is 0. The third kappa shape index (κ3) is 3.71. The van der Waals surface area contributed by atoms with Crippen LogP contribution in [-0.4, -0.2) is 12.1 Å². The summed E-state index contributed by atoms with van der Waals surface area (Å²) >= 11 is 0. The van der Waals surface area contributed by atoms with E-state index >= 15 is 0 Å². The zero-order valence-corrected chi connectivity index (χ0v) is 6.97. The first-order valence-corrected chi connectivity index (χ1v) is 3.75. The molecule has 0 radical (unpaired) electrons. The number of hydrogen-bond acceptors (Lipinski definition) is 2. The molecule has 0 spiro atoms. The fourth-order valence-electron chi connectivity index (χ4n) is 0.710. The number of nitrogens with zero attached hydrogens (tertiary/aromatic N) is 1. The van der Waals surface area contributed by atoms with Crippen molar-refractivity contribution in [3.63, 3.8) is 0 Å². The Balaban J connectivity index is 0.000000127. The fraction of sp³-hybridized carbons (Fsp3) is 0.111. The van der Waals surface area contributed by atoms with E-state index in [1.807, 2.05) is 18.2 Å². The van der Waals surface area contributed by atoms with Gasteiger partial charge < -0.3 is 0 Å². The SMILES string of the molecule is Cc1ccccc1.b1ccon1. The summed E-state index contributed by atoms with van der Waals surface area (Å²) in [6, 6.07) is 10.3. The molecule has 0 saturated carbocycles. The van der Waals surface area contributed by atoms with Crippen molar-refractivity contribution in [2.24, 2.45) is 0 Å². The third-order valence-electron chi connectivity index (χ3n) is 1.29. The van der Waals surface area contributed by atoms with Crippen molar-refractivity contribution in [2.75, 3.05) is 0 Å². The summed E-state index contributed by atoms with van der Waals surface area (Å²) in [4.78, 5) is 0. The Labute approximate surface area is 72.4 Å².